The zero-order valence-corrected chi connectivity index (χ0v) is 11.7. The van der Waals surface area contributed by atoms with Crippen molar-refractivity contribution in [2.24, 2.45) is 0 Å². The molecular weight excluding hydrogens is 254 g/mol. The van der Waals surface area contributed by atoms with Gasteiger partial charge in [0.15, 0.2) is 5.82 Å². The number of aliphatic hydroxyl groups excluding tert-OH is 1. The molecule has 1 aromatic heterocycles. The molecule has 0 aliphatic rings. The Morgan fingerprint density at radius 2 is 2.10 bits per heavy atom. The van der Waals surface area contributed by atoms with Crippen LogP contribution in [0.3, 0.4) is 0 Å². The molecule has 0 saturated carbocycles. The second kappa shape index (κ2) is 7.77. The number of rotatable bonds is 8. The maximum absolute atomic E-state index is 9.60. The zero-order valence-electron chi connectivity index (χ0n) is 11.7. The molecular formula is C15H21N3O2. The van der Waals surface area contributed by atoms with Gasteiger partial charge in [-0.25, -0.2) is 0 Å². The number of aromatic nitrogens is 2. The molecule has 2 aromatic rings. The molecule has 0 bridgehead atoms. The van der Waals surface area contributed by atoms with Gasteiger partial charge in [0.2, 0.25) is 5.89 Å². The smallest absolute Gasteiger partial charge is 0.240 e. The van der Waals surface area contributed by atoms with Gasteiger partial charge in [0.25, 0.3) is 0 Å². The first-order valence-corrected chi connectivity index (χ1v) is 7.02. The molecule has 0 fully saturated rings. The third-order valence-corrected chi connectivity index (χ3v) is 2.99. The van der Waals surface area contributed by atoms with Crippen LogP contribution in [0.4, 0.5) is 0 Å². The summed E-state index contributed by atoms with van der Waals surface area (Å²) in [6.07, 6.45) is 2.13. The monoisotopic (exact) mass is 275 g/mol. The third-order valence-electron chi connectivity index (χ3n) is 2.99. The van der Waals surface area contributed by atoms with Crippen LogP contribution in [-0.2, 0) is 13.0 Å². The molecule has 0 aliphatic heterocycles. The van der Waals surface area contributed by atoms with Crippen LogP contribution in [-0.4, -0.2) is 27.9 Å². The van der Waals surface area contributed by atoms with Gasteiger partial charge < -0.3 is 14.9 Å². The summed E-state index contributed by atoms with van der Waals surface area (Å²) in [5, 5.41) is 16.7. The number of nitrogens with zero attached hydrogens (tertiary/aromatic N) is 2. The van der Waals surface area contributed by atoms with Crippen molar-refractivity contribution < 1.29 is 9.63 Å². The first-order valence-electron chi connectivity index (χ1n) is 7.02. The first kappa shape index (κ1) is 14.7. The average molecular weight is 275 g/mol. The Kier molecular flexibility index (Phi) is 5.70. The van der Waals surface area contributed by atoms with Crippen molar-refractivity contribution in [3.05, 3.63) is 47.6 Å². The van der Waals surface area contributed by atoms with Crippen molar-refractivity contribution >= 4 is 0 Å². The largest absolute Gasteiger partial charge is 0.392 e. The molecule has 0 amide bonds. The molecule has 108 valence electrons. The van der Waals surface area contributed by atoms with E-state index in [1.807, 2.05) is 30.3 Å². The van der Waals surface area contributed by atoms with Crippen LogP contribution < -0.4 is 5.32 Å². The number of hydrogen-bond acceptors (Lipinski definition) is 5. The van der Waals surface area contributed by atoms with E-state index in [4.69, 9.17) is 4.52 Å². The Hall–Kier alpha value is -1.72. The number of hydrogen-bond donors (Lipinski definition) is 2. The van der Waals surface area contributed by atoms with E-state index in [9.17, 15) is 5.11 Å². The van der Waals surface area contributed by atoms with Gasteiger partial charge >= 0.3 is 0 Å². The standard InChI is InChI=1S/C15H21N3O2/c1-2-6-13(19)10-16-11-15-17-14(18-20-15)9-12-7-4-3-5-8-12/h3-5,7-8,13,16,19H,2,6,9-11H2,1H3. The lowest BCUT2D eigenvalue weighted by Crippen LogP contribution is -2.26. The Morgan fingerprint density at radius 3 is 2.85 bits per heavy atom. The topological polar surface area (TPSA) is 71.2 Å². The summed E-state index contributed by atoms with van der Waals surface area (Å²) >= 11 is 0. The van der Waals surface area contributed by atoms with Gasteiger partial charge in [-0.3, -0.25) is 0 Å². The summed E-state index contributed by atoms with van der Waals surface area (Å²) in [5.74, 6) is 1.24. The molecule has 20 heavy (non-hydrogen) atoms. The highest BCUT2D eigenvalue weighted by atomic mass is 16.5. The summed E-state index contributed by atoms with van der Waals surface area (Å²) in [6, 6.07) is 10.0. The van der Waals surface area contributed by atoms with Crippen LogP contribution in [0.5, 0.6) is 0 Å². The predicted molar refractivity (Wildman–Crippen MR) is 76.2 cm³/mol. The van der Waals surface area contributed by atoms with Gasteiger partial charge in [0, 0.05) is 13.0 Å². The van der Waals surface area contributed by atoms with Crippen LogP contribution in [0.25, 0.3) is 0 Å². The maximum Gasteiger partial charge on any atom is 0.240 e. The van der Waals surface area contributed by atoms with Crippen LogP contribution in [0, 0.1) is 0 Å². The molecule has 1 atom stereocenters. The lowest BCUT2D eigenvalue weighted by molar-refractivity contribution is 0.159. The highest BCUT2D eigenvalue weighted by molar-refractivity contribution is 5.18. The van der Waals surface area contributed by atoms with Gasteiger partial charge in [-0.15, -0.1) is 0 Å². The second-order valence-electron chi connectivity index (χ2n) is 4.84. The van der Waals surface area contributed by atoms with Crippen molar-refractivity contribution in [1.29, 1.82) is 0 Å². The van der Waals surface area contributed by atoms with E-state index in [1.54, 1.807) is 0 Å². The van der Waals surface area contributed by atoms with E-state index < -0.39 is 0 Å². The molecule has 2 rings (SSSR count). The number of nitrogens with one attached hydrogen (secondary N) is 1. The predicted octanol–water partition coefficient (Wildman–Crippen LogP) is 1.91. The van der Waals surface area contributed by atoms with Crippen LogP contribution in [0.15, 0.2) is 34.9 Å². The second-order valence-corrected chi connectivity index (χ2v) is 4.84. The van der Waals surface area contributed by atoms with Crippen molar-refractivity contribution in [1.82, 2.24) is 15.5 Å². The van der Waals surface area contributed by atoms with Crippen molar-refractivity contribution in [3.63, 3.8) is 0 Å². The van der Waals surface area contributed by atoms with Gasteiger partial charge in [-0.2, -0.15) is 4.98 Å². The highest BCUT2D eigenvalue weighted by Gasteiger charge is 2.08. The van der Waals surface area contributed by atoms with Crippen molar-refractivity contribution in [3.8, 4) is 0 Å². The Bertz CT molecular complexity index is 499. The van der Waals surface area contributed by atoms with Gasteiger partial charge in [-0.05, 0) is 12.0 Å². The molecule has 1 heterocycles. The molecule has 5 heteroatoms. The minimum absolute atomic E-state index is 0.313. The summed E-state index contributed by atoms with van der Waals surface area (Å²) in [5.41, 5.74) is 1.16. The van der Waals surface area contributed by atoms with Crippen LogP contribution >= 0.6 is 0 Å². The first-order chi connectivity index (χ1) is 9.78. The van der Waals surface area contributed by atoms with E-state index in [-0.39, 0.29) is 6.10 Å². The van der Waals surface area contributed by atoms with Crippen LogP contribution in [0.2, 0.25) is 0 Å². The molecule has 0 radical (unpaired) electrons. The van der Waals surface area contributed by atoms with E-state index >= 15 is 0 Å². The molecule has 0 spiro atoms. The summed E-state index contributed by atoms with van der Waals surface area (Å²) in [4.78, 5) is 4.33. The fourth-order valence-electron chi connectivity index (χ4n) is 1.99. The lowest BCUT2D eigenvalue weighted by Gasteiger charge is -2.08. The van der Waals surface area contributed by atoms with E-state index in [0.717, 1.165) is 18.4 Å². The van der Waals surface area contributed by atoms with Crippen molar-refractivity contribution in [2.75, 3.05) is 6.54 Å². The minimum atomic E-state index is -0.313. The zero-order chi connectivity index (χ0) is 14.2. The normalized spacial score (nSPS) is 12.5. The molecule has 0 aliphatic carbocycles. The van der Waals surface area contributed by atoms with Gasteiger partial charge in [0.1, 0.15) is 0 Å². The Morgan fingerprint density at radius 1 is 1.30 bits per heavy atom. The summed E-state index contributed by atoms with van der Waals surface area (Å²) in [7, 11) is 0. The number of benzene rings is 1. The molecule has 1 unspecified atom stereocenters. The third kappa shape index (κ3) is 4.75. The van der Waals surface area contributed by atoms with E-state index in [1.165, 1.54) is 0 Å². The fraction of sp³-hybridized carbons (Fsp3) is 0.467. The maximum atomic E-state index is 9.60. The average Bonchev–Trinajstić information content (AvgIpc) is 2.88. The van der Waals surface area contributed by atoms with Crippen molar-refractivity contribution in [2.45, 2.75) is 38.8 Å². The van der Waals surface area contributed by atoms with Gasteiger partial charge in [-0.1, -0.05) is 48.8 Å². The number of aliphatic hydroxyl groups is 1. The molecule has 0 saturated heterocycles. The molecule has 2 N–H and O–H groups in total. The molecule has 5 nitrogen and oxygen atoms in total. The fourth-order valence-corrected chi connectivity index (χ4v) is 1.99. The SMILES string of the molecule is CCCC(O)CNCc1nc(Cc2ccccc2)no1. The molecule has 1 aromatic carbocycles. The summed E-state index contributed by atoms with van der Waals surface area (Å²) in [6.45, 7) is 3.09. The highest BCUT2D eigenvalue weighted by Crippen LogP contribution is 2.06. The quantitative estimate of drug-likeness (QED) is 0.770. The lowest BCUT2D eigenvalue weighted by atomic mass is 10.1. The Labute approximate surface area is 119 Å². The summed E-state index contributed by atoms with van der Waals surface area (Å²) < 4.78 is 5.17. The Balaban J connectivity index is 1.78. The van der Waals surface area contributed by atoms with E-state index in [2.05, 4.69) is 22.4 Å². The van der Waals surface area contributed by atoms with E-state index in [0.29, 0.717) is 31.2 Å². The van der Waals surface area contributed by atoms with Crippen LogP contribution in [0.1, 0.15) is 37.0 Å². The van der Waals surface area contributed by atoms with Gasteiger partial charge in [0.05, 0.1) is 12.6 Å². The minimum Gasteiger partial charge on any atom is -0.392 e.